The Labute approximate surface area is 97.8 Å². The van der Waals surface area contributed by atoms with Gasteiger partial charge >= 0.3 is 0 Å². The van der Waals surface area contributed by atoms with Crippen LogP contribution in [0, 0.1) is 0 Å². The zero-order valence-electron chi connectivity index (χ0n) is 10.3. The molecular formula is C15H20O. The lowest BCUT2D eigenvalue weighted by Gasteiger charge is -2.36. The Morgan fingerprint density at radius 1 is 1.38 bits per heavy atom. The van der Waals surface area contributed by atoms with Crippen LogP contribution in [0.2, 0.25) is 0 Å². The zero-order valence-corrected chi connectivity index (χ0v) is 10.3. The minimum absolute atomic E-state index is 0.402. The second-order valence-corrected chi connectivity index (χ2v) is 5.46. The van der Waals surface area contributed by atoms with E-state index in [4.69, 9.17) is 4.74 Å². The molecule has 1 spiro atoms. The molecule has 16 heavy (non-hydrogen) atoms. The fourth-order valence-corrected chi connectivity index (χ4v) is 3.05. The van der Waals surface area contributed by atoms with E-state index in [9.17, 15) is 0 Å². The topological polar surface area (TPSA) is 9.23 Å². The molecule has 0 aromatic heterocycles. The monoisotopic (exact) mass is 216 g/mol. The van der Waals surface area contributed by atoms with Crippen molar-refractivity contribution in [3.05, 3.63) is 29.3 Å². The molecule has 1 heteroatoms. The summed E-state index contributed by atoms with van der Waals surface area (Å²) in [5.41, 5.74) is 3.32. The molecule has 1 aromatic carbocycles. The highest BCUT2D eigenvalue weighted by Gasteiger charge is 2.46. The molecule has 1 nitrogen and oxygen atoms in total. The van der Waals surface area contributed by atoms with Gasteiger partial charge in [-0.1, -0.05) is 38.5 Å². The molecule has 1 fully saturated rings. The van der Waals surface area contributed by atoms with Crippen molar-refractivity contribution in [1.29, 1.82) is 0 Å². The van der Waals surface area contributed by atoms with Crippen LogP contribution in [0.5, 0.6) is 5.75 Å². The van der Waals surface area contributed by atoms with Gasteiger partial charge in [0.15, 0.2) is 0 Å². The Bertz CT molecular complexity index is 404. The van der Waals surface area contributed by atoms with Crippen LogP contribution in [0.4, 0.5) is 0 Å². The molecule has 1 saturated carbocycles. The number of benzene rings is 1. The van der Waals surface area contributed by atoms with Crippen LogP contribution in [0.1, 0.15) is 56.6 Å². The second kappa shape index (κ2) is 3.51. The molecule has 2 aliphatic rings. The minimum atomic E-state index is 0.402. The van der Waals surface area contributed by atoms with Gasteiger partial charge in [-0.15, -0.1) is 0 Å². The fourth-order valence-electron chi connectivity index (χ4n) is 3.05. The third-order valence-electron chi connectivity index (χ3n) is 4.56. The van der Waals surface area contributed by atoms with Crippen LogP contribution >= 0.6 is 0 Å². The number of para-hydroxylation sites is 1. The Morgan fingerprint density at radius 2 is 2.19 bits per heavy atom. The minimum Gasteiger partial charge on any atom is -0.492 e. The van der Waals surface area contributed by atoms with Gasteiger partial charge in [0, 0.05) is 11.0 Å². The van der Waals surface area contributed by atoms with Gasteiger partial charge in [0.05, 0.1) is 6.61 Å². The van der Waals surface area contributed by atoms with Crippen LogP contribution in [-0.4, -0.2) is 6.61 Å². The van der Waals surface area contributed by atoms with Crippen molar-refractivity contribution in [3.63, 3.8) is 0 Å². The van der Waals surface area contributed by atoms with Gasteiger partial charge in [-0.3, -0.25) is 0 Å². The van der Waals surface area contributed by atoms with Crippen molar-refractivity contribution < 1.29 is 4.74 Å². The van der Waals surface area contributed by atoms with Gasteiger partial charge in [0.2, 0.25) is 0 Å². The van der Waals surface area contributed by atoms with Gasteiger partial charge < -0.3 is 4.74 Å². The van der Waals surface area contributed by atoms with Crippen molar-refractivity contribution in [2.75, 3.05) is 6.61 Å². The maximum absolute atomic E-state index is 6.01. The summed E-state index contributed by atoms with van der Waals surface area (Å²) in [5, 5.41) is 0. The Kier molecular flexibility index (Phi) is 2.24. The quantitative estimate of drug-likeness (QED) is 0.725. The summed E-state index contributed by atoms with van der Waals surface area (Å²) < 4.78 is 6.01. The van der Waals surface area contributed by atoms with E-state index in [0.29, 0.717) is 11.3 Å². The maximum atomic E-state index is 6.01. The summed E-state index contributed by atoms with van der Waals surface area (Å²) in [6.07, 6.45) is 5.21. The van der Waals surface area contributed by atoms with Crippen LogP contribution in [0.25, 0.3) is 0 Å². The van der Waals surface area contributed by atoms with Gasteiger partial charge in [0.25, 0.3) is 0 Å². The Morgan fingerprint density at radius 3 is 2.81 bits per heavy atom. The first-order valence-corrected chi connectivity index (χ1v) is 6.53. The molecule has 86 valence electrons. The fraction of sp³-hybridized carbons (Fsp3) is 0.600. The molecule has 0 amide bonds. The van der Waals surface area contributed by atoms with Crippen LogP contribution in [-0.2, 0) is 5.41 Å². The lowest BCUT2D eigenvalue weighted by atomic mass is 9.65. The molecule has 0 N–H and O–H groups in total. The van der Waals surface area contributed by atoms with Crippen LogP contribution in [0.3, 0.4) is 0 Å². The molecule has 1 aromatic rings. The highest BCUT2D eigenvalue weighted by Crippen LogP contribution is 2.53. The molecule has 0 saturated heterocycles. The lowest BCUT2D eigenvalue weighted by molar-refractivity contribution is 0.177. The van der Waals surface area contributed by atoms with Crippen molar-refractivity contribution >= 4 is 0 Å². The number of fused-ring (bicyclic) bond motifs is 2. The van der Waals surface area contributed by atoms with Crippen LogP contribution < -0.4 is 4.74 Å². The number of ether oxygens (including phenoxy) is 1. The van der Waals surface area contributed by atoms with E-state index >= 15 is 0 Å². The summed E-state index contributed by atoms with van der Waals surface area (Å²) in [5.74, 6) is 1.83. The van der Waals surface area contributed by atoms with Crippen molar-refractivity contribution in [3.8, 4) is 5.75 Å². The lowest BCUT2D eigenvalue weighted by Crippen LogP contribution is -2.35. The van der Waals surface area contributed by atoms with Gasteiger partial charge in [-0.2, -0.15) is 0 Å². The van der Waals surface area contributed by atoms with Crippen molar-refractivity contribution in [1.82, 2.24) is 0 Å². The molecule has 3 rings (SSSR count). The molecule has 1 aliphatic heterocycles. The number of hydrogen-bond donors (Lipinski definition) is 0. The summed E-state index contributed by atoms with van der Waals surface area (Å²) >= 11 is 0. The van der Waals surface area contributed by atoms with E-state index in [1.54, 1.807) is 0 Å². The van der Waals surface area contributed by atoms with E-state index in [2.05, 4.69) is 32.0 Å². The molecule has 0 bridgehead atoms. The van der Waals surface area contributed by atoms with E-state index < -0.39 is 0 Å². The third kappa shape index (κ3) is 1.24. The number of hydrogen-bond acceptors (Lipinski definition) is 1. The van der Waals surface area contributed by atoms with Crippen molar-refractivity contribution in [2.45, 2.75) is 50.9 Å². The molecular weight excluding hydrogens is 196 g/mol. The van der Waals surface area contributed by atoms with E-state index in [0.717, 1.165) is 6.61 Å². The molecule has 0 radical (unpaired) electrons. The van der Waals surface area contributed by atoms with Gasteiger partial charge in [-0.05, 0) is 30.7 Å². The second-order valence-electron chi connectivity index (χ2n) is 5.46. The summed E-state index contributed by atoms with van der Waals surface area (Å²) in [6.45, 7) is 5.47. The largest absolute Gasteiger partial charge is 0.492 e. The predicted molar refractivity (Wildman–Crippen MR) is 66.2 cm³/mol. The maximum Gasteiger partial charge on any atom is 0.126 e. The first kappa shape index (κ1) is 10.2. The SMILES string of the molecule is CCC(C)c1cccc2c1OCC21CCC1. The normalized spacial score (nSPS) is 22.4. The van der Waals surface area contributed by atoms with Crippen molar-refractivity contribution in [2.24, 2.45) is 0 Å². The summed E-state index contributed by atoms with van der Waals surface area (Å²) in [4.78, 5) is 0. The van der Waals surface area contributed by atoms with E-state index in [-0.39, 0.29) is 0 Å². The standard InChI is InChI=1S/C15H20O/c1-3-11(2)12-6-4-7-13-14(12)16-10-15(13)8-5-9-15/h4,6-7,11H,3,5,8-10H2,1-2H3. The first-order chi connectivity index (χ1) is 7.77. The van der Waals surface area contributed by atoms with Crippen LogP contribution in [0.15, 0.2) is 18.2 Å². The Balaban J connectivity index is 2.05. The Hall–Kier alpha value is -0.980. The van der Waals surface area contributed by atoms with E-state index in [1.807, 2.05) is 0 Å². The summed E-state index contributed by atoms with van der Waals surface area (Å²) in [6, 6.07) is 6.74. The molecule has 1 atom stereocenters. The van der Waals surface area contributed by atoms with E-state index in [1.165, 1.54) is 42.6 Å². The highest BCUT2D eigenvalue weighted by molar-refractivity contribution is 5.51. The molecule has 1 aliphatic carbocycles. The highest BCUT2D eigenvalue weighted by atomic mass is 16.5. The average molecular weight is 216 g/mol. The smallest absolute Gasteiger partial charge is 0.126 e. The number of rotatable bonds is 2. The zero-order chi connectivity index (χ0) is 11.2. The van der Waals surface area contributed by atoms with Gasteiger partial charge in [-0.25, -0.2) is 0 Å². The molecule has 1 unspecified atom stereocenters. The van der Waals surface area contributed by atoms with Gasteiger partial charge in [0.1, 0.15) is 5.75 Å². The predicted octanol–water partition coefficient (Wildman–Crippen LogP) is 4.01. The third-order valence-corrected chi connectivity index (χ3v) is 4.56. The average Bonchev–Trinajstić information content (AvgIpc) is 2.66. The summed E-state index contributed by atoms with van der Waals surface area (Å²) in [7, 11) is 0. The first-order valence-electron chi connectivity index (χ1n) is 6.53. The molecule has 1 heterocycles.